The SMILES string of the molecule is CCc1cccnc1CNCc1cc(Br)c2c(c1)OCO2. The molecule has 0 unspecified atom stereocenters. The molecular weight excluding hydrogens is 332 g/mol. The minimum Gasteiger partial charge on any atom is -0.454 e. The first-order chi connectivity index (χ1) is 10.3. The van der Waals surface area contributed by atoms with Crippen LogP contribution in [0.4, 0.5) is 0 Å². The Labute approximate surface area is 132 Å². The van der Waals surface area contributed by atoms with Gasteiger partial charge in [-0.15, -0.1) is 0 Å². The molecule has 21 heavy (non-hydrogen) atoms. The number of ether oxygens (including phenoxy) is 2. The van der Waals surface area contributed by atoms with Crippen LogP contribution in [0.1, 0.15) is 23.7 Å². The number of aryl methyl sites for hydroxylation is 1. The third-order valence-electron chi connectivity index (χ3n) is 3.47. The minimum absolute atomic E-state index is 0.290. The average molecular weight is 349 g/mol. The Morgan fingerprint density at radius 3 is 3.05 bits per heavy atom. The van der Waals surface area contributed by atoms with Crippen LogP contribution in [0.15, 0.2) is 34.9 Å². The normalized spacial score (nSPS) is 12.7. The van der Waals surface area contributed by atoms with Gasteiger partial charge in [0.15, 0.2) is 11.5 Å². The molecule has 0 atom stereocenters. The average Bonchev–Trinajstić information content (AvgIpc) is 2.97. The molecule has 0 spiro atoms. The second kappa shape index (κ2) is 6.45. The quantitative estimate of drug-likeness (QED) is 0.898. The van der Waals surface area contributed by atoms with Crippen LogP contribution < -0.4 is 14.8 Å². The monoisotopic (exact) mass is 348 g/mol. The summed E-state index contributed by atoms with van der Waals surface area (Å²) in [7, 11) is 0. The first-order valence-electron chi connectivity index (χ1n) is 6.99. The van der Waals surface area contributed by atoms with Gasteiger partial charge in [0.05, 0.1) is 10.2 Å². The highest BCUT2D eigenvalue weighted by Crippen LogP contribution is 2.39. The van der Waals surface area contributed by atoms with Crippen molar-refractivity contribution in [2.75, 3.05) is 6.79 Å². The van der Waals surface area contributed by atoms with Gasteiger partial charge in [0.25, 0.3) is 0 Å². The summed E-state index contributed by atoms with van der Waals surface area (Å²) in [4.78, 5) is 4.44. The maximum atomic E-state index is 5.43. The summed E-state index contributed by atoms with van der Waals surface area (Å²) in [6.45, 7) is 3.96. The fourth-order valence-corrected chi connectivity index (χ4v) is 3.00. The van der Waals surface area contributed by atoms with Crippen LogP contribution in [-0.4, -0.2) is 11.8 Å². The zero-order chi connectivity index (χ0) is 14.7. The highest BCUT2D eigenvalue weighted by Gasteiger charge is 2.17. The zero-order valence-corrected chi connectivity index (χ0v) is 13.4. The Kier molecular flexibility index (Phi) is 4.41. The van der Waals surface area contributed by atoms with Crippen molar-refractivity contribution in [2.45, 2.75) is 26.4 Å². The second-order valence-electron chi connectivity index (χ2n) is 4.88. The van der Waals surface area contributed by atoms with E-state index in [1.807, 2.05) is 18.3 Å². The van der Waals surface area contributed by atoms with Gasteiger partial charge in [-0.2, -0.15) is 0 Å². The Hall–Kier alpha value is -1.59. The molecular formula is C16H17BrN2O2. The van der Waals surface area contributed by atoms with Crippen LogP contribution in [0.2, 0.25) is 0 Å². The van der Waals surface area contributed by atoms with E-state index in [0.29, 0.717) is 6.79 Å². The maximum Gasteiger partial charge on any atom is 0.231 e. The lowest BCUT2D eigenvalue weighted by Crippen LogP contribution is -2.15. The van der Waals surface area contributed by atoms with Crippen molar-refractivity contribution < 1.29 is 9.47 Å². The molecule has 0 saturated heterocycles. The molecule has 1 aromatic heterocycles. The van der Waals surface area contributed by atoms with Crippen molar-refractivity contribution in [2.24, 2.45) is 0 Å². The third kappa shape index (κ3) is 3.19. The Morgan fingerprint density at radius 1 is 1.29 bits per heavy atom. The van der Waals surface area contributed by atoms with Gasteiger partial charge in [0.2, 0.25) is 6.79 Å². The first kappa shape index (κ1) is 14.4. The number of aromatic nitrogens is 1. The van der Waals surface area contributed by atoms with E-state index in [1.54, 1.807) is 0 Å². The molecule has 3 rings (SSSR count). The Balaban J connectivity index is 1.65. The lowest BCUT2D eigenvalue weighted by Gasteiger charge is -2.09. The Bertz CT molecular complexity index is 646. The van der Waals surface area contributed by atoms with E-state index in [0.717, 1.165) is 46.7 Å². The third-order valence-corrected chi connectivity index (χ3v) is 4.06. The molecule has 0 fully saturated rings. The van der Waals surface area contributed by atoms with E-state index in [-0.39, 0.29) is 0 Å². The van der Waals surface area contributed by atoms with Crippen molar-refractivity contribution in [1.29, 1.82) is 0 Å². The van der Waals surface area contributed by atoms with Gasteiger partial charge in [-0.3, -0.25) is 4.98 Å². The van der Waals surface area contributed by atoms with Crippen molar-refractivity contribution in [3.63, 3.8) is 0 Å². The van der Waals surface area contributed by atoms with Gasteiger partial charge in [0.1, 0.15) is 0 Å². The van der Waals surface area contributed by atoms with Crippen LogP contribution in [0.3, 0.4) is 0 Å². The molecule has 0 aliphatic carbocycles. The summed E-state index contributed by atoms with van der Waals surface area (Å²) in [6.07, 6.45) is 2.84. The van der Waals surface area contributed by atoms with Crippen molar-refractivity contribution in [3.8, 4) is 11.5 Å². The predicted octanol–water partition coefficient (Wildman–Crippen LogP) is 3.43. The summed E-state index contributed by atoms with van der Waals surface area (Å²) >= 11 is 3.51. The van der Waals surface area contributed by atoms with Gasteiger partial charge < -0.3 is 14.8 Å². The largest absolute Gasteiger partial charge is 0.454 e. The second-order valence-corrected chi connectivity index (χ2v) is 5.73. The van der Waals surface area contributed by atoms with Crippen LogP contribution in [0.25, 0.3) is 0 Å². The van der Waals surface area contributed by atoms with Crippen LogP contribution in [0, 0.1) is 0 Å². The highest BCUT2D eigenvalue weighted by molar-refractivity contribution is 9.10. The Morgan fingerprint density at radius 2 is 2.19 bits per heavy atom. The van der Waals surface area contributed by atoms with E-state index in [2.05, 4.69) is 45.3 Å². The molecule has 0 amide bonds. The predicted molar refractivity (Wildman–Crippen MR) is 84.4 cm³/mol. The molecule has 2 heterocycles. The number of fused-ring (bicyclic) bond motifs is 1. The fourth-order valence-electron chi connectivity index (χ4n) is 2.40. The van der Waals surface area contributed by atoms with E-state index >= 15 is 0 Å². The fraction of sp³-hybridized carbons (Fsp3) is 0.312. The topological polar surface area (TPSA) is 43.4 Å². The molecule has 5 heteroatoms. The summed E-state index contributed by atoms with van der Waals surface area (Å²) in [6, 6.07) is 8.18. The molecule has 1 aromatic carbocycles. The molecule has 1 N–H and O–H groups in total. The smallest absolute Gasteiger partial charge is 0.231 e. The number of halogens is 1. The van der Waals surface area contributed by atoms with Crippen molar-refractivity contribution >= 4 is 15.9 Å². The number of hydrogen-bond acceptors (Lipinski definition) is 4. The highest BCUT2D eigenvalue weighted by atomic mass is 79.9. The van der Waals surface area contributed by atoms with Gasteiger partial charge in [0, 0.05) is 19.3 Å². The molecule has 4 nitrogen and oxygen atoms in total. The van der Waals surface area contributed by atoms with Crippen molar-refractivity contribution in [3.05, 3.63) is 51.8 Å². The summed E-state index contributed by atoms with van der Waals surface area (Å²) in [5.41, 5.74) is 3.55. The van der Waals surface area contributed by atoms with Gasteiger partial charge >= 0.3 is 0 Å². The molecule has 110 valence electrons. The van der Waals surface area contributed by atoms with Gasteiger partial charge in [-0.25, -0.2) is 0 Å². The van der Waals surface area contributed by atoms with E-state index in [4.69, 9.17) is 9.47 Å². The molecule has 1 aliphatic rings. The van der Waals surface area contributed by atoms with Crippen LogP contribution >= 0.6 is 15.9 Å². The van der Waals surface area contributed by atoms with E-state index in [9.17, 15) is 0 Å². The lowest BCUT2D eigenvalue weighted by molar-refractivity contribution is 0.173. The zero-order valence-electron chi connectivity index (χ0n) is 11.9. The van der Waals surface area contributed by atoms with E-state index < -0.39 is 0 Å². The number of hydrogen-bond donors (Lipinski definition) is 1. The first-order valence-corrected chi connectivity index (χ1v) is 7.78. The van der Waals surface area contributed by atoms with Crippen LogP contribution in [0.5, 0.6) is 11.5 Å². The number of pyridine rings is 1. The molecule has 0 bridgehead atoms. The summed E-state index contributed by atoms with van der Waals surface area (Å²) in [5, 5.41) is 3.43. The lowest BCUT2D eigenvalue weighted by atomic mass is 10.1. The standard InChI is InChI=1S/C16H17BrN2O2/c1-2-12-4-3-5-19-14(12)9-18-8-11-6-13(17)16-15(7-11)20-10-21-16/h3-7,18H,2,8-10H2,1H3. The molecule has 0 saturated carbocycles. The van der Waals surface area contributed by atoms with E-state index in [1.165, 1.54) is 5.56 Å². The van der Waals surface area contributed by atoms with Crippen LogP contribution in [-0.2, 0) is 19.5 Å². The number of benzene rings is 1. The number of nitrogens with one attached hydrogen (secondary N) is 1. The summed E-state index contributed by atoms with van der Waals surface area (Å²) < 4.78 is 11.7. The molecule has 1 aliphatic heterocycles. The van der Waals surface area contributed by atoms with Gasteiger partial charge in [-0.1, -0.05) is 13.0 Å². The molecule has 2 aromatic rings. The summed E-state index contributed by atoms with van der Waals surface area (Å²) in [5.74, 6) is 1.59. The number of nitrogens with zero attached hydrogens (tertiary/aromatic N) is 1. The van der Waals surface area contributed by atoms with Gasteiger partial charge in [-0.05, 0) is 51.7 Å². The maximum absolute atomic E-state index is 5.43. The van der Waals surface area contributed by atoms with Crippen molar-refractivity contribution in [1.82, 2.24) is 10.3 Å². The minimum atomic E-state index is 0.290. The number of rotatable bonds is 5. The molecule has 0 radical (unpaired) electrons.